The second-order valence-corrected chi connectivity index (χ2v) is 3.06. The molecule has 0 aromatic heterocycles. The van der Waals surface area contributed by atoms with Gasteiger partial charge >= 0.3 is 5.97 Å². The number of carboxylic acids is 1. The summed E-state index contributed by atoms with van der Waals surface area (Å²) in [6.07, 6.45) is 0.896. The molecular formula is C11H14O3. The number of ether oxygens (including phenoxy) is 1. The largest absolute Gasteiger partial charge is 0.497 e. The van der Waals surface area contributed by atoms with Gasteiger partial charge in [0.05, 0.1) is 13.5 Å². The van der Waals surface area contributed by atoms with Crippen molar-refractivity contribution in [3.63, 3.8) is 0 Å². The standard InChI is InChI=1S/C11H14O3/c1-3-8-6-10(14-2)5-4-9(8)7-11(12)13/h4-6H,3,7H2,1-2H3,(H,12,13). The number of hydrogen-bond acceptors (Lipinski definition) is 2. The molecule has 0 aliphatic rings. The summed E-state index contributed by atoms with van der Waals surface area (Å²) in [6.45, 7) is 2.00. The average molecular weight is 194 g/mol. The predicted molar refractivity (Wildman–Crippen MR) is 53.7 cm³/mol. The molecule has 0 aliphatic heterocycles. The lowest BCUT2D eigenvalue weighted by Gasteiger charge is -2.07. The van der Waals surface area contributed by atoms with Crippen LogP contribution in [0, 0.1) is 0 Å². The van der Waals surface area contributed by atoms with Gasteiger partial charge in [0.15, 0.2) is 0 Å². The normalized spacial score (nSPS) is 9.86. The van der Waals surface area contributed by atoms with Crippen LogP contribution in [0.15, 0.2) is 18.2 Å². The van der Waals surface area contributed by atoms with Crippen LogP contribution in [-0.4, -0.2) is 18.2 Å². The molecule has 0 heterocycles. The van der Waals surface area contributed by atoms with E-state index >= 15 is 0 Å². The van der Waals surface area contributed by atoms with Crippen molar-refractivity contribution in [2.24, 2.45) is 0 Å². The van der Waals surface area contributed by atoms with Crippen LogP contribution < -0.4 is 4.74 Å². The first-order chi connectivity index (χ1) is 6.67. The molecule has 0 amide bonds. The number of aryl methyl sites for hydroxylation is 1. The van der Waals surface area contributed by atoms with Crippen molar-refractivity contribution in [3.05, 3.63) is 29.3 Å². The minimum Gasteiger partial charge on any atom is -0.497 e. The highest BCUT2D eigenvalue weighted by molar-refractivity contribution is 5.70. The molecule has 1 N–H and O–H groups in total. The maximum atomic E-state index is 10.6. The summed E-state index contributed by atoms with van der Waals surface area (Å²) in [7, 11) is 1.60. The second kappa shape index (κ2) is 4.65. The number of aliphatic carboxylic acids is 1. The highest BCUT2D eigenvalue weighted by atomic mass is 16.5. The van der Waals surface area contributed by atoms with Gasteiger partial charge in [-0.1, -0.05) is 13.0 Å². The van der Waals surface area contributed by atoms with Crippen molar-refractivity contribution < 1.29 is 14.6 Å². The third-order valence-electron chi connectivity index (χ3n) is 2.14. The van der Waals surface area contributed by atoms with E-state index in [0.717, 1.165) is 23.3 Å². The van der Waals surface area contributed by atoms with E-state index in [1.54, 1.807) is 13.2 Å². The van der Waals surface area contributed by atoms with Gasteiger partial charge in [0.1, 0.15) is 5.75 Å². The molecule has 0 atom stereocenters. The fourth-order valence-corrected chi connectivity index (χ4v) is 1.39. The van der Waals surface area contributed by atoms with Crippen LogP contribution in [-0.2, 0) is 17.6 Å². The zero-order valence-electron chi connectivity index (χ0n) is 8.41. The number of carboxylic acid groups (broad SMARTS) is 1. The van der Waals surface area contributed by atoms with Crippen molar-refractivity contribution in [1.29, 1.82) is 0 Å². The number of hydrogen-bond donors (Lipinski definition) is 1. The summed E-state index contributed by atoms with van der Waals surface area (Å²) < 4.78 is 5.07. The number of rotatable bonds is 4. The molecule has 1 aromatic carbocycles. The van der Waals surface area contributed by atoms with E-state index in [9.17, 15) is 4.79 Å². The van der Waals surface area contributed by atoms with Crippen LogP contribution in [0.2, 0.25) is 0 Å². The zero-order valence-corrected chi connectivity index (χ0v) is 8.41. The molecular weight excluding hydrogens is 180 g/mol. The van der Waals surface area contributed by atoms with E-state index < -0.39 is 5.97 Å². The summed E-state index contributed by atoms with van der Waals surface area (Å²) in [5.41, 5.74) is 1.90. The molecule has 3 nitrogen and oxygen atoms in total. The van der Waals surface area contributed by atoms with Gasteiger partial charge in [-0.15, -0.1) is 0 Å². The van der Waals surface area contributed by atoms with Gasteiger partial charge in [0.25, 0.3) is 0 Å². The first-order valence-corrected chi connectivity index (χ1v) is 4.55. The van der Waals surface area contributed by atoms with Gasteiger partial charge in [-0.25, -0.2) is 0 Å². The fraction of sp³-hybridized carbons (Fsp3) is 0.364. The minimum absolute atomic E-state index is 0.0766. The number of benzene rings is 1. The summed E-state index contributed by atoms with van der Waals surface area (Å²) in [6, 6.07) is 5.49. The van der Waals surface area contributed by atoms with E-state index in [-0.39, 0.29) is 6.42 Å². The lowest BCUT2D eigenvalue weighted by Crippen LogP contribution is -2.03. The van der Waals surface area contributed by atoms with Gasteiger partial charge in [0.2, 0.25) is 0 Å². The number of methoxy groups -OCH3 is 1. The van der Waals surface area contributed by atoms with Crippen molar-refractivity contribution >= 4 is 5.97 Å². The Morgan fingerprint density at radius 2 is 2.14 bits per heavy atom. The molecule has 1 rings (SSSR count). The molecule has 3 heteroatoms. The summed E-state index contributed by atoms with van der Waals surface area (Å²) in [5.74, 6) is -0.0270. The van der Waals surface area contributed by atoms with Crippen molar-refractivity contribution in [2.75, 3.05) is 7.11 Å². The van der Waals surface area contributed by atoms with Gasteiger partial charge in [-0.05, 0) is 29.7 Å². The van der Waals surface area contributed by atoms with Crippen LogP contribution in [0.5, 0.6) is 5.75 Å². The first-order valence-electron chi connectivity index (χ1n) is 4.55. The molecule has 0 bridgehead atoms. The van der Waals surface area contributed by atoms with Crippen molar-refractivity contribution in [1.82, 2.24) is 0 Å². The minimum atomic E-state index is -0.801. The molecule has 0 saturated heterocycles. The molecule has 0 saturated carbocycles. The van der Waals surface area contributed by atoms with Gasteiger partial charge in [-0.2, -0.15) is 0 Å². The van der Waals surface area contributed by atoms with E-state index in [1.807, 2.05) is 19.1 Å². The third kappa shape index (κ3) is 2.49. The van der Waals surface area contributed by atoms with Crippen LogP contribution in [0.4, 0.5) is 0 Å². The lowest BCUT2D eigenvalue weighted by atomic mass is 10.0. The first kappa shape index (κ1) is 10.6. The SMILES string of the molecule is CCc1cc(OC)ccc1CC(=O)O. The lowest BCUT2D eigenvalue weighted by molar-refractivity contribution is -0.136. The molecule has 0 spiro atoms. The number of carbonyl (C=O) groups is 1. The van der Waals surface area contributed by atoms with Crippen molar-refractivity contribution in [2.45, 2.75) is 19.8 Å². The predicted octanol–water partition coefficient (Wildman–Crippen LogP) is 1.88. The molecule has 0 unspecified atom stereocenters. The van der Waals surface area contributed by atoms with Crippen LogP contribution in [0.3, 0.4) is 0 Å². The smallest absolute Gasteiger partial charge is 0.307 e. The van der Waals surface area contributed by atoms with E-state index in [2.05, 4.69) is 0 Å². The Hall–Kier alpha value is -1.51. The van der Waals surface area contributed by atoms with Crippen LogP contribution >= 0.6 is 0 Å². The fourth-order valence-electron chi connectivity index (χ4n) is 1.39. The maximum absolute atomic E-state index is 10.6. The molecule has 76 valence electrons. The maximum Gasteiger partial charge on any atom is 0.307 e. The Morgan fingerprint density at radius 3 is 2.64 bits per heavy atom. The van der Waals surface area contributed by atoms with Crippen LogP contribution in [0.25, 0.3) is 0 Å². The average Bonchev–Trinajstić information content (AvgIpc) is 2.17. The summed E-state index contributed by atoms with van der Waals surface area (Å²) >= 11 is 0. The quantitative estimate of drug-likeness (QED) is 0.796. The zero-order chi connectivity index (χ0) is 10.6. The Bertz CT molecular complexity index is 331. The molecule has 0 radical (unpaired) electrons. The third-order valence-corrected chi connectivity index (χ3v) is 2.14. The molecule has 0 fully saturated rings. The van der Waals surface area contributed by atoms with Gasteiger partial charge < -0.3 is 9.84 Å². The highest BCUT2D eigenvalue weighted by Gasteiger charge is 2.06. The topological polar surface area (TPSA) is 46.5 Å². The van der Waals surface area contributed by atoms with Gasteiger partial charge in [0, 0.05) is 0 Å². The molecule has 0 aliphatic carbocycles. The van der Waals surface area contributed by atoms with Gasteiger partial charge in [-0.3, -0.25) is 4.79 Å². The van der Waals surface area contributed by atoms with Crippen LogP contribution in [0.1, 0.15) is 18.1 Å². The van der Waals surface area contributed by atoms with E-state index in [4.69, 9.17) is 9.84 Å². The molecule has 14 heavy (non-hydrogen) atoms. The Balaban J connectivity index is 2.98. The van der Waals surface area contributed by atoms with Crippen molar-refractivity contribution in [3.8, 4) is 5.75 Å². The Morgan fingerprint density at radius 1 is 1.43 bits per heavy atom. The van der Waals surface area contributed by atoms with E-state index in [0.29, 0.717) is 0 Å². The monoisotopic (exact) mass is 194 g/mol. The van der Waals surface area contributed by atoms with E-state index in [1.165, 1.54) is 0 Å². The summed E-state index contributed by atoms with van der Waals surface area (Å²) in [5, 5.41) is 8.68. The summed E-state index contributed by atoms with van der Waals surface area (Å²) in [4.78, 5) is 10.6. The second-order valence-electron chi connectivity index (χ2n) is 3.06. The highest BCUT2D eigenvalue weighted by Crippen LogP contribution is 2.18. The Labute approximate surface area is 83.3 Å². The molecule has 1 aromatic rings. The Kier molecular flexibility index (Phi) is 3.51.